The Bertz CT molecular complexity index is 383. The molecule has 1 aromatic heterocycles. The van der Waals surface area contributed by atoms with Crippen molar-refractivity contribution in [2.45, 2.75) is 38.8 Å². The number of aliphatic hydroxyl groups is 1. The van der Waals surface area contributed by atoms with E-state index < -0.39 is 5.97 Å². The van der Waals surface area contributed by atoms with E-state index in [-0.39, 0.29) is 12.5 Å². The van der Waals surface area contributed by atoms with Gasteiger partial charge in [0.15, 0.2) is 5.82 Å². The Hall–Kier alpha value is -1.43. The van der Waals surface area contributed by atoms with E-state index in [2.05, 4.69) is 10.2 Å². The summed E-state index contributed by atoms with van der Waals surface area (Å²) in [5.74, 6) is 0.186. The lowest BCUT2D eigenvalue weighted by molar-refractivity contribution is -0.143. The molecule has 1 heterocycles. The van der Waals surface area contributed by atoms with E-state index in [0.29, 0.717) is 11.7 Å². The molecule has 2 N–H and O–H groups in total. The van der Waals surface area contributed by atoms with E-state index in [4.69, 9.17) is 10.2 Å². The zero-order valence-electron chi connectivity index (χ0n) is 9.62. The second kappa shape index (κ2) is 5.27. The second-order valence-corrected chi connectivity index (χ2v) is 4.61. The smallest absolute Gasteiger partial charge is 0.306 e. The quantitative estimate of drug-likeness (QED) is 0.805. The Morgan fingerprint density at radius 1 is 1.41 bits per heavy atom. The normalized spacial score (nSPS) is 24.8. The van der Waals surface area contributed by atoms with Gasteiger partial charge in [0.1, 0.15) is 12.9 Å². The van der Waals surface area contributed by atoms with Crippen LogP contribution in [0, 0.1) is 11.8 Å². The van der Waals surface area contributed by atoms with Crippen LogP contribution in [0.2, 0.25) is 0 Å². The van der Waals surface area contributed by atoms with Gasteiger partial charge in [0, 0.05) is 6.54 Å². The van der Waals surface area contributed by atoms with E-state index in [9.17, 15) is 4.79 Å². The Morgan fingerprint density at radius 3 is 2.71 bits per heavy atom. The van der Waals surface area contributed by atoms with Gasteiger partial charge >= 0.3 is 5.97 Å². The van der Waals surface area contributed by atoms with Gasteiger partial charge in [0.2, 0.25) is 0 Å². The largest absolute Gasteiger partial charge is 0.481 e. The summed E-state index contributed by atoms with van der Waals surface area (Å²) in [6.07, 6.45) is 4.95. The number of carboxylic acids is 1. The summed E-state index contributed by atoms with van der Waals surface area (Å²) in [5, 5.41) is 25.5. The lowest BCUT2D eigenvalue weighted by Gasteiger charge is -2.26. The second-order valence-electron chi connectivity index (χ2n) is 4.61. The van der Waals surface area contributed by atoms with Crippen LogP contribution < -0.4 is 0 Å². The number of rotatable bonds is 4. The molecule has 94 valence electrons. The van der Waals surface area contributed by atoms with Gasteiger partial charge < -0.3 is 14.8 Å². The fraction of sp³-hybridized carbons (Fsp3) is 0.727. The lowest BCUT2D eigenvalue weighted by Crippen LogP contribution is -2.24. The van der Waals surface area contributed by atoms with Crippen LogP contribution in [0.4, 0.5) is 0 Å². The molecule has 6 nitrogen and oxygen atoms in total. The minimum atomic E-state index is -0.677. The topological polar surface area (TPSA) is 88.2 Å². The Balaban J connectivity index is 1.88. The van der Waals surface area contributed by atoms with Crippen molar-refractivity contribution in [1.82, 2.24) is 14.8 Å². The van der Waals surface area contributed by atoms with Crippen molar-refractivity contribution in [2.24, 2.45) is 11.8 Å². The van der Waals surface area contributed by atoms with E-state index in [1.165, 1.54) is 0 Å². The molecule has 1 aliphatic carbocycles. The van der Waals surface area contributed by atoms with Crippen LogP contribution in [-0.4, -0.2) is 30.9 Å². The first-order valence-corrected chi connectivity index (χ1v) is 5.91. The molecule has 0 spiro atoms. The SMILES string of the molecule is O=C(O)C1CCC(Cn2cnnc2CO)CC1. The van der Waals surface area contributed by atoms with Crippen LogP contribution >= 0.6 is 0 Å². The fourth-order valence-corrected chi connectivity index (χ4v) is 2.42. The average Bonchev–Trinajstić information content (AvgIpc) is 2.77. The maximum atomic E-state index is 10.8. The molecule has 1 aliphatic rings. The number of aromatic nitrogens is 3. The maximum absolute atomic E-state index is 10.8. The summed E-state index contributed by atoms with van der Waals surface area (Å²) in [7, 11) is 0. The molecule has 6 heteroatoms. The third kappa shape index (κ3) is 2.82. The van der Waals surface area contributed by atoms with Crippen molar-refractivity contribution in [3.05, 3.63) is 12.2 Å². The third-order valence-electron chi connectivity index (χ3n) is 3.49. The Kier molecular flexibility index (Phi) is 3.73. The highest BCUT2D eigenvalue weighted by molar-refractivity contribution is 5.69. The van der Waals surface area contributed by atoms with E-state index in [1.54, 1.807) is 6.33 Å². The highest BCUT2D eigenvalue weighted by atomic mass is 16.4. The van der Waals surface area contributed by atoms with Gasteiger partial charge in [0.25, 0.3) is 0 Å². The number of aliphatic carboxylic acids is 1. The number of hydrogen-bond donors (Lipinski definition) is 2. The number of carbonyl (C=O) groups is 1. The number of nitrogens with zero attached hydrogens (tertiary/aromatic N) is 3. The molecule has 1 fully saturated rings. The highest BCUT2D eigenvalue weighted by Crippen LogP contribution is 2.30. The van der Waals surface area contributed by atoms with Crippen LogP contribution in [0.3, 0.4) is 0 Å². The van der Waals surface area contributed by atoms with Gasteiger partial charge in [-0.05, 0) is 31.6 Å². The van der Waals surface area contributed by atoms with Gasteiger partial charge in [-0.2, -0.15) is 0 Å². The molecule has 0 unspecified atom stereocenters. The van der Waals surface area contributed by atoms with Crippen molar-refractivity contribution >= 4 is 5.97 Å². The summed E-state index contributed by atoms with van der Waals surface area (Å²) in [5.41, 5.74) is 0. The monoisotopic (exact) mass is 239 g/mol. The van der Waals surface area contributed by atoms with Crippen LogP contribution in [-0.2, 0) is 17.9 Å². The molecule has 0 aromatic carbocycles. The standard InChI is InChI=1S/C11H17N3O3/c15-6-10-13-12-7-14(10)5-8-1-3-9(4-2-8)11(16)17/h7-9,15H,1-6H2,(H,16,17). The summed E-state index contributed by atoms with van der Waals surface area (Å²) in [6.45, 7) is 0.666. The summed E-state index contributed by atoms with van der Waals surface area (Å²) < 4.78 is 1.85. The number of hydrogen-bond acceptors (Lipinski definition) is 4. The first-order valence-electron chi connectivity index (χ1n) is 5.91. The molecule has 0 aliphatic heterocycles. The molecule has 0 amide bonds. The van der Waals surface area contributed by atoms with Crippen molar-refractivity contribution in [3.8, 4) is 0 Å². The minimum absolute atomic E-state index is 0.107. The molecule has 0 bridgehead atoms. The van der Waals surface area contributed by atoms with Gasteiger partial charge in [-0.15, -0.1) is 10.2 Å². The zero-order chi connectivity index (χ0) is 12.3. The predicted octanol–water partition coefficient (Wildman–Crippen LogP) is 0.661. The first-order chi connectivity index (χ1) is 8.20. The van der Waals surface area contributed by atoms with Gasteiger partial charge in [-0.3, -0.25) is 4.79 Å². The van der Waals surface area contributed by atoms with E-state index in [1.807, 2.05) is 4.57 Å². The van der Waals surface area contributed by atoms with Crippen molar-refractivity contribution in [3.63, 3.8) is 0 Å². The molecular weight excluding hydrogens is 222 g/mol. The summed E-state index contributed by atoms with van der Waals surface area (Å²) in [6, 6.07) is 0. The molecule has 0 radical (unpaired) electrons. The Morgan fingerprint density at radius 2 is 2.12 bits per heavy atom. The number of aliphatic hydroxyl groups excluding tert-OH is 1. The van der Waals surface area contributed by atoms with Crippen LogP contribution in [0.15, 0.2) is 6.33 Å². The molecule has 17 heavy (non-hydrogen) atoms. The van der Waals surface area contributed by atoms with Crippen molar-refractivity contribution in [2.75, 3.05) is 0 Å². The minimum Gasteiger partial charge on any atom is -0.481 e. The zero-order valence-corrected chi connectivity index (χ0v) is 9.62. The van der Waals surface area contributed by atoms with Crippen LogP contribution in [0.1, 0.15) is 31.5 Å². The molecule has 0 saturated heterocycles. The number of carboxylic acid groups (broad SMARTS) is 1. The molecule has 0 atom stereocenters. The van der Waals surface area contributed by atoms with E-state index in [0.717, 1.165) is 32.2 Å². The molecule has 1 saturated carbocycles. The van der Waals surface area contributed by atoms with Crippen LogP contribution in [0.5, 0.6) is 0 Å². The summed E-state index contributed by atoms with van der Waals surface area (Å²) >= 11 is 0. The Labute approximate surface area is 99.3 Å². The van der Waals surface area contributed by atoms with Crippen molar-refractivity contribution in [1.29, 1.82) is 0 Å². The third-order valence-corrected chi connectivity index (χ3v) is 3.49. The summed E-state index contributed by atoms with van der Waals surface area (Å²) in [4.78, 5) is 10.8. The lowest BCUT2D eigenvalue weighted by atomic mass is 9.82. The van der Waals surface area contributed by atoms with Crippen LogP contribution in [0.25, 0.3) is 0 Å². The highest BCUT2D eigenvalue weighted by Gasteiger charge is 2.26. The molecule has 1 aromatic rings. The van der Waals surface area contributed by atoms with Gasteiger partial charge in [-0.25, -0.2) is 0 Å². The fourth-order valence-electron chi connectivity index (χ4n) is 2.42. The van der Waals surface area contributed by atoms with Crippen molar-refractivity contribution < 1.29 is 15.0 Å². The predicted molar refractivity (Wildman–Crippen MR) is 59.0 cm³/mol. The average molecular weight is 239 g/mol. The van der Waals surface area contributed by atoms with Gasteiger partial charge in [-0.1, -0.05) is 0 Å². The first kappa shape index (κ1) is 12.0. The molecular formula is C11H17N3O3. The molecule has 2 rings (SSSR count). The van der Waals surface area contributed by atoms with Gasteiger partial charge in [0.05, 0.1) is 5.92 Å². The van der Waals surface area contributed by atoms with E-state index >= 15 is 0 Å². The maximum Gasteiger partial charge on any atom is 0.306 e.